The number of hydrogen-bond acceptors (Lipinski definition) is 5. The molecule has 8 nitrogen and oxygen atoms in total. The molecule has 1 aliphatic heterocycles. The van der Waals surface area contributed by atoms with E-state index in [9.17, 15) is 13.2 Å². The summed E-state index contributed by atoms with van der Waals surface area (Å²) >= 11 is 0. The van der Waals surface area contributed by atoms with Crippen LogP contribution in [0.1, 0.15) is 35.7 Å². The van der Waals surface area contributed by atoms with Crippen molar-refractivity contribution in [2.24, 2.45) is 0 Å². The average Bonchev–Trinajstić information content (AvgIpc) is 2.77. The van der Waals surface area contributed by atoms with Crippen molar-refractivity contribution in [2.45, 2.75) is 32.9 Å². The highest BCUT2D eigenvalue weighted by molar-refractivity contribution is 7.87. The second kappa shape index (κ2) is 5.99. The number of aryl methyl sites for hydroxylation is 1. The number of hydrogen-bond donors (Lipinski definition) is 2. The lowest BCUT2D eigenvalue weighted by molar-refractivity contribution is -0.0643. The topological polar surface area (TPSA) is 109 Å². The molecule has 0 aromatic carbocycles. The molecule has 0 spiro atoms. The minimum atomic E-state index is -3.68. The Morgan fingerprint density at radius 2 is 2.18 bits per heavy atom. The molecule has 0 radical (unpaired) electrons. The second-order valence-electron chi connectivity index (χ2n) is 5.76. The van der Waals surface area contributed by atoms with Crippen LogP contribution < -0.4 is 4.72 Å². The Balaban J connectivity index is 2.04. The lowest BCUT2D eigenvalue weighted by Crippen LogP contribution is -2.53. The van der Waals surface area contributed by atoms with E-state index in [0.29, 0.717) is 6.61 Å². The third kappa shape index (κ3) is 3.86. The number of aromatic carboxylic acids is 1. The molecule has 0 unspecified atom stereocenters. The zero-order valence-electron chi connectivity index (χ0n) is 12.7. The van der Waals surface area contributed by atoms with Crippen LogP contribution in [0.4, 0.5) is 0 Å². The average molecular weight is 332 g/mol. The van der Waals surface area contributed by atoms with E-state index in [1.54, 1.807) is 0 Å². The number of nitrogens with one attached hydrogen (secondary N) is 1. The van der Waals surface area contributed by atoms with Gasteiger partial charge in [-0.1, -0.05) is 0 Å². The molecule has 2 N–H and O–H groups in total. The van der Waals surface area contributed by atoms with Gasteiger partial charge >= 0.3 is 5.97 Å². The first-order valence-electron chi connectivity index (χ1n) is 6.82. The van der Waals surface area contributed by atoms with Gasteiger partial charge in [-0.2, -0.15) is 17.4 Å². The van der Waals surface area contributed by atoms with E-state index in [1.165, 1.54) is 17.3 Å². The molecule has 2 rings (SSSR count). The van der Waals surface area contributed by atoms with Gasteiger partial charge in [-0.05, 0) is 26.8 Å². The van der Waals surface area contributed by atoms with Crippen molar-refractivity contribution < 1.29 is 27.5 Å². The monoisotopic (exact) mass is 332 g/mol. The molecule has 1 aliphatic rings. The number of furan rings is 1. The summed E-state index contributed by atoms with van der Waals surface area (Å²) in [5, 5.41) is 8.95. The maximum absolute atomic E-state index is 12.3. The van der Waals surface area contributed by atoms with E-state index in [0.717, 1.165) is 0 Å². The van der Waals surface area contributed by atoms with Crippen LogP contribution in [-0.2, 0) is 21.5 Å². The van der Waals surface area contributed by atoms with Crippen molar-refractivity contribution in [1.29, 1.82) is 0 Å². The van der Waals surface area contributed by atoms with Crippen molar-refractivity contribution in [3.8, 4) is 0 Å². The summed E-state index contributed by atoms with van der Waals surface area (Å²) in [6, 6.07) is 1.32. The van der Waals surface area contributed by atoms with Crippen LogP contribution >= 0.6 is 0 Å². The first-order chi connectivity index (χ1) is 10.1. The van der Waals surface area contributed by atoms with Gasteiger partial charge in [0.05, 0.1) is 18.8 Å². The molecule has 1 fully saturated rings. The molecule has 22 heavy (non-hydrogen) atoms. The summed E-state index contributed by atoms with van der Waals surface area (Å²) in [6.07, 6.45) is 0. The molecule has 0 amide bonds. The number of nitrogens with zero attached hydrogens (tertiary/aromatic N) is 1. The van der Waals surface area contributed by atoms with Crippen LogP contribution in [0.25, 0.3) is 0 Å². The molecule has 0 aliphatic carbocycles. The summed E-state index contributed by atoms with van der Waals surface area (Å²) in [6.45, 7) is 5.92. The quantitative estimate of drug-likeness (QED) is 0.823. The van der Waals surface area contributed by atoms with Crippen LogP contribution in [0.3, 0.4) is 0 Å². The third-order valence-electron chi connectivity index (χ3n) is 3.36. The predicted molar refractivity (Wildman–Crippen MR) is 77.8 cm³/mol. The van der Waals surface area contributed by atoms with Crippen LogP contribution in [0.15, 0.2) is 10.5 Å². The lowest BCUT2D eigenvalue weighted by atomic mass is 10.1. The molecule has 0 atom stereocenters. The fraction of sp³-hybridized carbons (Fsp3) is 0.615. The smallest absolute Gasteiger partial charge is 0.339 e. The largest absolute Gasteiger partial charge is 0.478 e. The van der Waals surface area contributed by atoms with Gasteiger partial charge in [0.2, 0.25) is 0 Å². The van der Waals surface area contributed by atoms with Gasteiger partial charge in [0.25, 0.3) is 10.2 Å². The predicted octanol–water partition coefficient (Wildman–Crippen LogP) is 0.731. The van der Waals surface area contributed by atoms with Gasteiger partial charge in [-0.15, -0.1) is 0 Å². The number of rotatable bonds is 5. The van der Waals surface area contributed by atoms with Crippen LogP contribution in [0.2, 0.25) is 0 Å². The molecular weight excluding hydrogens is 312 g/mol. The van der Waals surface area contributed by atoms with E-state index in [2.05, 4.69) is 4.72 Å². The normalized spacial score (nSPS) is 19.2. The summed E-state index contributed by atoms with van der Waals surface area (Å²) in [7, 11) is -3.68. The van der Waals surface area contributed by atoms with Crippen molar-refractivity contribution in [1.82, 2.24) is 9.03 Å². The zero-order valence-corrected chi connectivity index (χ0v) is 13.6. The number of ether oxygens (including phenoxy) is 1. The first kappa shape index (κ1) is 16.9. The zero-order chi connectivity index (χ0) is 16.5. The van der Waals surface area contributed by atoms with Crippen molar-refractivity contribution >= 4 is 16.2 Å². The van der Waals surface area contributed by atoms with E-state index in [1.807, 2.05) is 13.8 Å². The highest BCUT2D eigenvalue weighted by atomic mass is 32.2. The minimum absolute atomic E-state index is 0.0294. The van der Waals surface area contributed by atoms with Gasteiger partial charge in [-0.3, -0.25) is 0 Å². The van der Waals surface area contributed by atoms with Crippen molar-refractivity contribution in [2.75, 3.05) is 19.7 Å². The highest BCUT2D eigenvalue weighted by Crippen LogP contribution is 2.19. The Kier molecular flexibility index (Phi) is 4.62. The highest BCUT2D eigenvalue weighted by Gasteiger charge is 2.34. The van der Waals surface area contributed by atoms with E-state index < -0.39 is 21.8 Å². The summed E-state index contributed by atoms with van der Waals surface area (Å²) in [5.41, 5.74) is -0.508. The fourth-order valence-electron chi connectivity index (χ4n) is 2.28. The van der Waals surface area contributed by atoms with Crippen molar-refractivity contribution in [3.63, 3.8) is 0 Å². The second-order valence-corrected chi connectivity index (χ2v) is 7.51. The Bertz CT molecular complexity index is 664. The van der Waals surface area contributed by atoms with Crippen LogP contribution in [0.5, 0.6) is 0 Å². The molecule has 0 saturated carbocycles. The molecular formula is C13H20N2O6S. The molecule has 124 valence electrons. The van der Waals surface area contributed by atoms with Crippen molar-refractivity contribution in [3.05, 3.63) is 23.2 Å². The van der Waals surface area contributed by atoms with E-state index in [-0.39, 0.29) is 36.7 Å². The van der Waals surface area contributed by atoms with Crippen LogP contribution in [-0.4, -0.2) is 49.1 Å². The molecule has 9 heteroatoms. The van der Waals surface area contributed by atoms with Gasteiger partial charge in [0, 0.05) is 13.1 Å². The molecule has 1 aromatic heterocycles. The number of carbonyl (C=O) groups is 1. The van der Waals surface area contributed by atoms with Gasteiger partial charge in [-0.25, -0.2) is 4.79 Å². The molecule has 1 aromatic rings. The van der Waals surface area contributed by atoms with E-state index in [4.69, 9.17) is 14.3 Å². The molecule has 2 heterocycles. The Morgan fingerprint density at radius 1 is 1.50 bits per heavy atom. The van der Waals surface area contributed by atoms with E-state index >= 15 is 0 Å². The molecule has 0 bridgehead atoms. The third-order valence-corrected chi connectivity index (χ3v) is 4.86. The lowest BCUT2D eigenvalue weighted by Gasteiger charge is -2.37. The summed E-state index contributed by atoms with van der Waals surface area (Å²) in [4.78, 5) is 10.9. The maximum Gasteiger partial charge on any atom is 0.339 e. The summed E-state index contributed by atoms with van der Waals surface area (Å²) < 4.78 is 39.0. The maximum atomic E-state index is 12.3. The standard InChI is InChI=1S/C13H20N2O6S/c1-9-11(12(16)17)6-10(21-9)7-14-22(18,19)15-4-5-20-13(2,3)8-15/h6,14H,4-5,7-8H2,1-3H3,(H,16,17). The minimum Gasteiger partial charge on any atom is -0.478 e. The van der Waals surface area contributed by atoms with Gasteiger partial charge in [0.15, 0.2) is 0 Å². The molecule has 1 saturated heterocycles. The number of carboxylic acids is 1. The Morgan fingerprint density at radius 3 is 2.73 bits per heavy atom. The number of carboxylic acid groups (broad SMARTS) is 1. The van der Waals surface area contributed by atoms with Gasteiger partial charge < -0.3 is 14.3 Å². The summed E-state index contributed by atoms with van der Waals surface area (Å²) in [5.74, 6) is -0.606. The number of morpholine rings is 1. The van der Waals surface area contributed by atoms with Crippen LogP contribution in [0, 0.1) is 6.92 Å². The Labute approximate surface area is 129 Å². The fourth-order valence-corrected chi connectivity index (χ4v) is 3.58. The SMILES string of the molecule is Cc1oc(CNS(=O)(=O)N2CCOC(C)(C)C2)cc1C(=O)O. The van der Waals surface area contributed by atoms with Gasteiger partial charge in [0.1, 0.15) is 17.1 Å². The first-order valence-corrected chi connectivity index (χ1v) is 8.26. The Hall–Kier alpha value is -1.42.